The van der Waals surface area contributed by atoms with Gasteiger partial charge >= 0.3 is 5.97 Å². The number of fused-ring (bicyclic) bond motifs is 1. The zero-order valence-corrected chi connectivity index (χ0v) is 27.1. The number of halogens is 1. The Hall–Kier alpha value is -3.59. The van der Waals surface area contributed by atoms with Crippen LogP contribution >= 0.6 is 0 Å². The second-order valence-corrected chi connectivity index (χ2v) is 14.3. The van der Waals surface area contributed by atoms with Crippen LogP contribution in [0.4, 0.5) is 15.8 Å². The van der Waals surface area contributed by atoms with Gasteiger partial charge in [-0.1, -0.05) is 12.0 Å². The van der Waals surface area contributed by atoms with E-state index in [9.17, 15) is 17.6 Å². The van der Waals surface area contributed by atoms with Gasteiger partial charge in [-0.3, -0.25) is 9.69 Å². The van der Waals surface area contributed by atoms with Crippen LogP contribution in [0.2, 0.25) is 0 Å². The topological polar surface area (TPSA) is 95.9 Å². The van der Waals surface area contributed by atoms with Gasteiger partial charge in [0.1, 0.15) is 12.3 Å². The molecular weight excluding hydrogens is 581 g/mol. The molecule has 0 amide bonds. The summed E-state index contributed by atoms with van der Waals surface area (Å²) in [5.74, 6) is 6.16. The number of aromatic nitrogens is 1. The molecule has 4 rings (SSSR count). The average molecular weight is 626 g/mol. The van der Waals surface area contributed by atoms with Crippen molar-refractivity contribution in [3.8, 4) is 11.8 Å². The number of piperidine rings is 1. The minimum atomic E-state index is -3.25. The first-order valence-electron chi connectivity index (χ1n) is 14.9. The Labute approximate surface area is 260 Å². The van der Waals surface area contributed by atoms with Crippen molar-refractivity contribution >= 4 is 38.1 Å². The second-order valence-electron chi connectivity index (χ2n) is 12.2. The molecule has 0 bridgehead atoms. The van der Waals surface area contributed by atoms with Crippen LogP contribution in [0, 0.1) is 11.8 Å². The molecule has 1 aliphatic rings. The maximum absolute atomic E-state index is 14.9. The lowest BCUT2D eigenvalue weighted by molar-refractivity contribution is -0.145. The number of likely N-dealkylation sites (N-methyl/N-ethyl adjacent to an activating group) is 1. The highest BCUT2D eigenvalue weighted by molar-refractivity contribution is 7.90. The predicted molar refractivity (Wildman–Crippen MR) is 175 cm³/mol. The van der Waals surface area contributed by atoms with Crippen molar-refractivity contribution in [1.29, 1.82) is 0 Å². The molecule has 1 aliphatic heterocycles. The van der Waals surface area contributed by atoms with Gasteiger partial charge in [-0.25, -0.2) is 12.8 Å². The van der Waals surface area contributed by atoms with E-state index in [1.54, 1.807) is 38.1 Å². The number of alkyl halides is 1. The van der Waals surface area contributed by atoms with Crippen molar-refractivity contribution in [1.82, 2.24) is 14.4 Å². The standard InChI is InChI=1S/C33H44FN5O4S/c1-33(2,34)24-39-27(8-7-17-35-25-11-13-28(14-12-25)44(5,41)42)22-29-30(9-6-10-31(29)39)36-26-15-18-38(19-16-26)23-32(40)43-21-20-37(3)4/h6,9-14,22,26,35-36H,15-21,23-24H2,1-5H3. The molecule has 0 aliphatic carbocycles. The summed E-state index contributed by atoms with van der Waals surface area (Å²) < 4.78 is 45.6. The molecule has 3 aromatic rings. The number of carbonyl (C=O) groups is 1. The molecule has 9 nitrogen and oxygen atoms in total. The summed E-state index contributed by atoms with van der Waals surface area (Å²) in [6, 6.07) is 14.8. The maximum Gasteiger partial charge on any atom is 0.320 e. The van der Waals surface area contributed by atoms with Gasteiger partial charge in [-0.15, -0.1) is 0 Å². The Bertz CT molecular complexity index is 1590. The SMILES string of the molecule is CN(C)CCOC(=O)CN1CCC(Nc2cccc3c2cc(C#CCNc2ccc(S(C)(=O)=O)cc2)n3CC(C)(C)F)CC1. The highest BCUT2D eigenvalue weighted by atomic mass is 32.2. The Morgan fingerprint density at radius 2 is 1.84 bits per heavy atom. The van der Waals surface area contributed by atoms with E-state index in [2.05, 4.69) is 27.4 Å². The van der Waals surface area contributed by atoms with Crippen molar-refractivity contribution < 1.29 is 22.3 Å². The number of benzene rings is 2. The number of ether oxygens (including phenoxy) is 1. The third-order valence-corrected chi connectivity index (χ3v) is 8.59. The smallest absolute Gasteiger partial charge is 0.320 e. The van der Waals surface area contributed by atoms with Crippen molar-refractivity contribution in [2.24, 2.45) is 0 Å². The van der Waals surface area contributed by atoms with Crippen molar-refractivity contribution in [3.63, 3.8) is 0 Å². The van der Waals surface area contributed by atoms with Gasteiger partial charge in [-0.2, -0.15) is 0 Å². The number of likely N-dealkylation sites (tertiary alicyclic amines) is 1. The minimum absolute atomic E-state index is 0.160. The Morgan fingerprint density at radius 3 is 2.48 bits per heavy atom. The summed E-state index contributed by atoms with van der Waals surface area (Å²) in [7, 11) is 0.642. The fourth-order valence-corrected chi connectivity index (χ4v) is 5.82. The van der Waals surface area contributed by atoms with Crippen LogP contribution in [0.1, 0.15) is 32.4 Å². The van der Waals surface area contributed by atoms with Gasteiger partial charge in [0.2, 0.25) is 0 Å². The molecule has 0 saturated carbocycles. The highest BCUT2D eigenvalue weighted by Gasteiger charge is 2.24. The number of rotatable bonds is 12. The monoisotopic (exact) mass is 625 g/mol. The molecule has 44 heavy (non-hydrogen) atoms. The third-order valence-electron chi connectivity index (χ3n) is 7.46. The summed E-state index contributed by atoms with van der Waals surface area (Å²) >= 11 is 0. The third kappa shape index (κ3) is 9.71. The quantitative estimate of drug-likeness (QED) is 0.228. The normalized spacial score (nSPS) is 14.8. The average Bonchev–Trinajstić information content (AvgIpc) is 3.28. The Balaban J connectivity index is 1.42. The largest absolute Gasteiger partial charge is 0.463 e. The number of hydrogen-bond acceptors (Lipinski definition) is 8. The Morgan fingerprint density at radius 1 is 1.14 bits per heavy atom. The lowest BCUT2D eigenvalue weighted by atomic mass is 10.0. The molecular formula is C33H44FN5O4S. The van der Waals surface area contributed by atoms with E-state index >= 15 is 0 Å². The summed E-state index contributed by atoms with van der Waals surface area (Å²) in [5, 5.41) is 7.87. The summed E-state index contributed by atoms with van der Waals surface area (Å²) in [6.07, 6.45) is 2.96. The lowest BCUT2D eigenvalue weighted by Gasteiger charge is -2.32. The van der Waals surface area contributed by atoms with Crippen LogP contribution in [-0.2, 0) is 25.9 Å². The number of nitrogens with zero attached hydrogens (tertiary/aromatic N) is 3. The van der Waals surface area contributed by atoms with E-state index in [1.807, 2.05) is 47.8 Å². The fraction of sp³-hybridized carbons (Fsp3) is 0.485. The number of sulfone groups is 1. The molecule has 2 heterocycles. The number of hydrogen-bond donors (Lipinski definition) is 2. The first-order chi connectivity index (χ1) is 20.8. The molecule has 1 aromatic heterocycles. The molecule has 1 saturated heterocycles. The van der Waals surface area contributed by atoms with Crippen LogP contribution in [0.3, 0.4) is 0 Å². The number of anilines is 2. The highest BCUT2D eigenvalue weighted by Crippen LogP contribution is 2.30. The molecule has 0 atom stereocenters. The van der Waals surface area contributed by atoms with E-state index in [1.165, 1.54) is 6.26 Å². The van der Waals surface area contributed by atoms with E-state index in [0.717, 1.165) is 53.9 Å². The molecule has 0 radical (unpaired) electrons. The zero-order chi connectivity index (χ0) is 31.9. The van der Waals surface area contributed by atoms with Crippen LogP contribution in [-0.4, -0.2) is 100 Å². The maximum atomic E-state index is 14.9. The van der Waals surface area contributed by atoms with Crippen molar-refractivity contribution in [2.45, 2.75) is 49.8 Å². The lowest BCUT2D eigenvalue weighted by Crippen LogP contribution is -2.42. The van der Waals surface area contributed by atoms with E-state index in [0.29, 0.717) is 26.2 Å². The zero-order valence-electron chi connectivity index (χ0n) is 26.3. The first-order valence-corrected chi connectivity index (χ1v) is 16.8. The predicted octanol–water partition coefficient (Wildman–Crippen LogP) is 4.24. The van der Waals surface area contributed by atoms with Crippen molar-refractivity contribution in [2.75, 3.05) is 70.3 Å². The minimum Gasteiger partial charge on any atom is -0.463 e. The molecule has 0 unspecified atom stereocenters. The van der Waals surface area contributed by atoms with Gasteiger partial charge in [0, 0.05) is 48.7 Å². The van der Waals surface area contributed by atoms with Gasteiger partial charge in [0.15, 0.2) is 9.84 Å². The van der Waals surface area contributed by atoms with Crippen LogP contribution in [0.15, 0.2) is 53.4 Å². The van der Waals surface area contributed by atoms with E-state index in [-0.39, 0.29) is 23.5 Å². The number of nitrogens with one attached hydrogen (secondary N) is 2. The fourth-order valence-electron chi connectivity index (χ4n) is 5.19. The van der Waals surface area contributed by atoms with E-state index < -0.39 is 15.5 Å². The molecule has 11 heteroatoms. The number of esters is 1. The molecule has 2 aromatic carbocycles. The first kappa shape index (κ1) is 33.3. The van der Waals surface area contributed by atoms with Crippen LogP contribution < -0.4 is 10.6 Å². The van der Waals surface area contributed by atoms with Gasteiger partial charge in [0.25, 0.3) is 0 Å². The molecule has 1 fully saturated rings. The molecule has 2 N–H and O–H groups in total. The van der Waals surface area contributed by atoms with Gasteiger partial charge in [-0.05, 0) is 89.2 Å². The molecule has 0 spiro atoms. The van der Waals surface area contributed by atoms with Crippen molar-refractivity contribution in [3.05, 3.63) is 54.2 Å². The van der Waals surface area contributed by atoms with Crippen LogP contribution in [0.25, 0.3) is 10.9 Å². The molecule has 238 valence electrons. The summed E-state index contributed by atoms with van der Waals surface area (Å²) in [6.45, 7) is 6.64. The second kappa shape index (κ2) is 14.5. The van der Waals surface area contributed by atoms with Crippen LogP contribution in [0.5, 0.6) is 0 Å². The Kier molecular flexibility index (Phi) is 10.9. The van der Waals surface area contributed by atoms with Gasteiger partial charge < -0.3 is 24.8 Å². The van der Waals surface area contributed by atoms with E-state index in [4.69, 9.17) is 4.74 Å². The summed E-state index contributed by atoms with van der Waals surface area (Å²) in [5.41, 5.74) is 1.93. The number of carbonyl (C=O) groups excluding carboxylic acids is 1. The van der Waals surface area contributed by atoms with Gasteiger partial charge in [0.05, 0.1) is 35.7 Å². The summed E-state index contributed by atoms with van der Waals surface area (Å²) in [4.78, 5) is 16.6.